The highest BCUT2D eigenvalue weighted by molar-refractivity contribution is 6.01. The van der Waals surface area contributed by atoms with Gasteiger partial charge in [-0.3, -0.25) is 0 Å². The fraction of sp³-hybridized carbons (Fsp3) is 0.103. The molecule has 0 saturated carbocycles. The van der Waals surface area contributed by atoms with Gasteiger partial charge in [-0.05, 0) is 56.9 Å². The largest absolute Gasteiger partial charge is 0.493 e. The molecule has 3 heteroatoms. The standard InChI is InChI=1S/C29H22O3/c1-30-28-14-11-19(16-29(28)31-2)21-8-5-9-22-23(21)12-15-27-25(22)17-24-20-7-4-3-6-18(20)10-13-26(24)32-27/h3-16H,17H2,1-2H3. The van der Waals surface area contributed by atoms with Gasteiger partial charge in [0.1, 0.15) is 11.5 Å². The van der Waals surface area contributed by atoms with E-state index in [1.807, 2.05) is 12.1 Å². The van der Waals surface area contributed by atoms with Gasteiger partial charge in [0.25, 0.3) is 0 Å². The lowest BCUT2D eigenvalue weighted by molar-refractivity contribution is 0.355. The summed E-state index contributed by atoms with van der Waals surface area (Å²) in [5.41, 5.74) is 4.74. The zero-order valence-corrected chi connectivity index (χ0v) is 18.0. The first-order valence-corrected chi connectivity index (χ1v) is 10.7. The predicted molar refractivity (Wildman–Crippen MR) is 129 cm³/mol. The Morgan fingerprint density at radius 2 is 1.38 bits per heavy atom. The van der Waals surface area contributed by atoms with Crippen LogP contribution < -0.4 is 14.2 Å². The van der Waals surface area contributed by atoms with E-state index in [1.54, 1.807) is 14.2 Å². The van der Waals surface area contributed by atoms with Crippen molar-refractivity contribution in [3.63, 3.8) is 0 Å². The first-order valence-electron chi connectivity index (χ1n) is 10.7. The van der Waals surface area contributed by atoms with E-state index in [9.17, 15) is 0 Å². The van der Waals surface area contributed by atoms with Crippen molar-refractivity contribution < 1.29 is 14.2 Å². The van der Waals surface area contributed by atoms with E-state index >= 15 is 0 Å². The Kier molecular flexibility index (Phi) is 4.29. The molecule has 0 radical (unpaired) electrons. The molecule has 0 fully saturated rings. The summed E-state index contributed by atoms with van der Waals surface area (Å²) in [6.45, 7) is 0. The molecule has 5 aromatic rings. The van der Waals surface area contributed by atoms with Gasteiger partial charge in [-0.25, -0.2) is 0 Å². The second-order valence-electron chi connectivity index (χ2n) is 8.05. The van der Waals surface area contributed by atoms with Crippen molar-refractivity contribution in [3.05, 3.63) is 96.1 Å². The van der Waals surface area contributed by atoms with E-state index in [-0.39, 0.29) is 0 Å². The molecule has 1 aliphatic rings. The zero-order valence-electron chi connectivity index (χ0n) is 18.0. The SMILES string of the molecule is COc1ccc(-c2cccc3c4c(ccc23)Oc2ccc3ccccc3c2C4)cc1OC. The molecule has 0 saturated heterocycles. The fourth-order valence-corrected chi connectivity index (χ4v) is 4.82. The Hall–Kier alpha value is -3.98. The number of rotatable bonds is 3. The van der Waals surface area contributed by atoms with E-state index < -0.39 is 0 Å². The lowest BCUT2D eigenvalue weighted by Gasteiger charge is -2.24. The van der Waals surface area contributed by atoms with E-state index in [0.29, 0.717) is 0 Å². The minimum Gasteiger partial charge on any atom is -0.493 e. The summed E-state index contributed by atoms with van der Waals surface area (Å²) < 4.78 is 17.3. The molecule has 1 aliphatic heterocycles. The van der Waals surface area contributed by atoms with Crippen molar-refractivity contribution in [2.75, 3.05) is 14.2 Å². The van der Waals surface area contributed by atoms with Crippen LogP contribution in [0.25, 0.3) is 32.7 Å². The lowest BCUT2D eigenvalue weighted by atomic mass is 9.89. The average molecular weight is 418 g/mol. The van der Waals surface area contributed by atoms with Gasteiger partial charge in [0.2, 0.25) is 0 Å². The van der Waals surface area contributed by atoms with Gasteiger partial charge in [0.15, 0.2) is 11.5 Å². The monoisotopic (exact) mass is 418 g/mol. The normalized spacial score (nSPS) is 12.2. The Labute approximate surface area is 186 Å². The van der Waals surface area contributed by atoms with Crippen LogP contribution in [0.5, 0.6) is 23.0 Å². The molecule has 1 heterocycles. The topological polar surface area (TPSA) is 27.7 Å². The first-order chi connectivity index (χ1) is 15.8. The second kappa shape index (κ2) is 7.31. The lowest BCUT2D eigenvalue weighted by Crippen LogP contribution is -2.04. The third-order valence-electron chi connectivity index (χ3n) is 6.40. The van der Waals surface area contributed by atoms with Crippen LogP contribution in [0.2, 0.25) is 0 Å². The molecule has 32 heavy (non-hydrogen) atoms. The molecule has 3 nitrogen and oxygen atoms in total. The summed E-state index contributed by atoms with van der Waals surface area (Å²) in [6.07, 6.45) is 0.846. The molecule has 5 aromatic carbocycles. The Morgan fingerprint density at radius 3 is 2.22 bits per heavy atom. The van der Waals surface area contributed by atoms with E-state index in [1.165, 1.54) is 32.7 Å². The average Bonchev–Trinajstić information content (AvgIpc) is 2.86. The van der Waals surface area contributed by atoms with Gasteiger partial charge in [0.05, 0.1) is 14.2 Å². The van der Waals surface area contributed by atoms with Gasteiger partial charge in [-0.1, -0.05) is 60.7 Å². The molecule has 0 atom stereocenters. The van der Waals surface area contributed by atoms with Crippen LogP contribution in [-0.2, 0) is 6.42 Å². The number of hydrogen-bond acceptors (Lipinski definition) is 3. The smallest absolute Gasteiger partial charge is 0.161 e. The van der Waals surface area contributed by atoms with E-state index in [4.69, 9.17) is 14.2 Å². The van der Waals surface area contributed by atoms with Gasteiger partial charge in [-0.15, -0.1) is 0 Å². The molecule has 6 rings (SSSR count). The van der Waals surface area contributed by atoms with E-state index in [0.717, 1.165) is 40.5 Å². The Morgan fingerprint density at radius 1 is 0.625 bits per heavy atom. The summed E-state index contributed by atoms with van der Waals surface area (Å²) in [4.78, 5) is 0. The van der Waals surface area contributed by atoms with Gasteiger partial charge in [-0.2, -0.15) is 0 Å². The first kappa shape index (κ1) is 18.8. The van der Waals surface area contributed by atoms with Crippen molar-refractivity contribution in [2.24, 2.45) is 0 Å². The van der Waals surface area contributed by atoms with Crippen LogP contribution in [0, 0.1) is 0 Å². The molecule has 156 valence electrons. The van der Waals surface area contributed by atoms with Crippen LogP contribution in [0.3, 0.4) is 0 Å². The predicted octanol–water partition coefficient (Wildman–Crippen LogP) is 7.37. The molecular formula is C29H22O3. The highest BCUT2D eigenvalue weighted by Gasteiger charge is 2.22. The second-order valence-corrected chi connectivity index (χ2v) is 8.05. The van der Waals surface area contributed by atoms with Crippen molar-refractivity contribution in [3.8, 4) is 34.1 Å². The summed E-state index contributed by atoms with van der Waals surface area (Å²) in [7, 11) is 3.32. The van der Waals surface area contributed by atoms with Crippen LogP contribution in [-0.4, -0.2) is 14.2 Å². The van der Waals surface area contributed by atoms with Crippen LogP contribution in [0.4, 0.5) is 0 Å². The Balaban J connectivity index is 1.53. The third-order valence-corrected chi connectivity index (χ3v) is 6.40. The van der Waals surface area contributed by atoms with Gasteiger partial charge < -0.3 is 14.2 Å². The molecule has 0 spiro atoms. The maximum absolute atomic E-state index is 6.37. The number of benzene rings is 5. The quantitative estimate of drug-likeness (QED) is 0.300. The van der Waals surface area contributed by atoms with Crippen LogP contribution >= 0.6 is 0 Å². The maximum Gasteiger partial charge on any atom is 0.161 e. The van der Waals surface area contributed by atoms with Crippen molar-refractivity contribution in [2.45, 2.75) is 6.42 Å². The van der Waals surface area contributed by atoms with Crippen molar-refractivity contribution in [1.82, 2.24) is 0 Å². The van der Waals surface area contributed by atoms with Gasteiger partial charge >= 0.3 is 0 Å². The number of ether oxygens (including phenoxy) is 3. The minimum atomic E-state index is 0.726. The summed E-state index contributed by atoms with van der Waals surface area (Å²) >= 11 is 0. The molecule has 0 aromatic heterocycles. The third kappa shape index (κ3) is 2.82. The number of fused-ring (bicyclic) bond motifs is 6. The zero-order chi connectivity index (χ0) is 21.7. The fourth-order valence-electron chi connectivity index (χ4n) is 4.82. The summed E-state index contributed by atoms with van der Waals surface area (Å²) in [5.74, 6) is 3.34. The maximum atomic E-state index is 6.37. The molecular weight excluding hydrogens is 396 g/mol. The highest BCUT2D eigenvalue weighted by atomic mass is 16.5. The van der Waals surface area contributed by atoms with Crippen molar-refractivity contribution >= 4 is 21.5 Å². The van der Waals surface area contributed by atoms with Crippen LogP contribution in [0.1, 0.15) is 11.1 Å². The van der Waals surface area contributed by atoms with Gasteiger partial charge in [0, 0.05) is 17.5 Å². The summed E-state index contributed by atoms with van der Waals surface area (Å²) in [5, 5.41) is 4.91. The highest BCUT2D eigenvalue weighted by Crippen LogP contribution is 2.44. The molecule has 0 aliphatic carbocycles. The number of methoxy groups -OCH3 is 2. The molecule has 0 N–H and O–H groups in total. The Bertz CT molecular complexity index is 1500. The minimum absolute atomic E-state index is 0.726. The van der Waals surface area contributed by atoms with E-state index in [2.05, 4.69) is 72.8 Å². The van der Waals surface area contributed by atoms with Crippen molar-refractivity contribution in [1.29, 1.82) is 0 Å². The molecule has 0 amide bonds. The summed E-state index contributed by atoms with van der Waals surface area (Å²) in [6, 6.07) is 29.5. The van der Waals surface area contributed by atoms with Crippen LogP contribution in [0.15, 0.2) is 84.9 Å². The molecule has 0 unspecified atom stereocenters. The number of hydrogen-bond donors (Lipinski definition) is 0. The molecule has 0 bridgehead atoms.